The molecule has 0 aromatic heterocycles. The van der Waals surface area contributed by atoms with Crippen molar-refractivity contribution in [1.82, 2.24) is 15.6 Å². The summed E-state index contributed by atoms with van der Waals surface area (Å²) in [7, 11) is 3.81. The Kier molecular flexibility index (Phi) is 6.29. The first-order valence-electron chi connectivity index (χ1n) is 3.40. The van der Waals surface area contributed by atoms with E-state index in [0.717, 1.165) is 6.54 Å². The van der Waals surface area contributed by atoms with Gasteiger partial charge in [-0.25, -0.2) is 0 Å². The lowest BCUT2D eigenvalue weighted by molar-refractivity contribution is 0.627. The number of nitrogens with one attached hydrogen (secondary N) is 3. The molecule has 0 aromatic carbocycles. The van der Waals surface area contributed by atoms with Crippen molar-refractivity contribution in [3.63, 3.8) is 0 Å². The molecule has 4 heteroatoms. The van der Waals surface area contributed by atoms with E-state index in [4.69, 9.17) is 0 Å². The van der Waals surface area contributed by atoms with Crippen LogP contribution in [0.1, 0.15) is 6.92 Å². The number of hydrogen-bond acceptors (Lipinski definition) is 3. The maximum absolute atomic E-state index is 3.36. The van der Waals surface area contributed by atoms with Crippen LogP contribution in [0.3, 0.4) is 0 Å². The molecule has 0 unspecified atom stereocenters. The second-order valence-electron chi connectivity index (χ2n) is 1.94. The molecular weight excluding hydrogens is 130 g/mol. The van der Waals surface area contributed by atoms with Gasteiger partial charge in [-0.1, -0.05) is 6.92 Å². The standard InChI is InChI=1S/C5H17N3Si/c1-4-8-9-5(6-2)7-3/h5-8H,4,9H2,1-3H3. The second-order valence-corrected chi connectivity index (χ2v) is 3.66. The summed E-state index contributed by atoms with van der Waals surface area (Å²) in [5.41, 5.74) is 0. The Hall–Kier alpha value is 0.0969. The van der Waals surface area contributed by atoms with Gasteiger partial charge in [0, 0.05) is 0 Å². The number of rotatable bonds is 5. The van der Waals surface area contributed by atoms with Crippen molar-refractivity contribution in [3.8, 4) is 0 Å². The average Bonchev–Trinajstić information content (AvgIpc) is 1.91. The zero-order chi connectivity index (χ0) is 7.11. The van der Waals surface area contributed by atoms with Crippen molar-refractivity contribution in [2.75, 3.05) is 20.6 Å². The Morgan fingerprint density at radius 2 is 1.89 bits per heavy atom. The summed E-state index contributed by atoms with van der Waals surface area (Å²) in [5.74, 6) is 0.532. The van der Waals surface area contributed by atoms with Crippen molar-refractivity contribution in [3.05, 3.63) is 0 Å². The zero-order valence-corrected chi connectivity index (χ0v) is 7.91. The van der Waals surface area contributed by atoms with Crippen LogP contribution in [0.15, 0.2) is 0 Å². The molecule has 0 aromatic rings. The Bertz CT molecular complexity index is 56.2. The lowest BCUT2D eigenvalue weighted by Crippen LogP contribution is -2.48. The van der Waals surface area contributed by atoms with Gasteiger partial charge < -0.3 is 15.6 Å². The molecule has 0 bridgehead atoms. The van der Waals surface area contributed by atoms with Gasteiger partial charge in [-0.3, -0.25) is 0 Å². The summed E-state index contributed by atoms with van der Waals surface area (Å²) in [5, 5.41) is 6.35. The molecular formula is C5H17N3Si. The van der Waals surface area contributed by atoms with Gasteiger partial charge in [0.1, 0.15) is 9.68 Å². The van der Waals surface area contributed by atoms with Crippen LogP contribution in [0.2, 0.25) is 0 Å². The first-order valence-corrected chi connectivity index (χ1v) is 4.92. The quantitative estimate of drug-likeness (QED) is 0.324. The Balaban J connectivity index is 3.09. The highest BCUT2D eigenvalue weighted by molar-refractivity contribution is 6.34. The lowest BCUT2D eigenvalue weighted by atomic mass is 10.8. The summed E-state index contributed by atoms with van der Waals surface area (Å²) in [6, 6.07) is 0. The van der Waals surface area contributed by atoms with E-state index < -0.39 is 0 Å². The van der Waals surface area contributed by atoms with Crippen LogP contribution in [0.4, 0.5) is 0 Å². The van der Waals surface area contributed by atoms with Crippen LogP contribution in [-0.4, -0.2) is 36.1 Å². The minimum absolute atomic E-state index is 0.147. The monoisotopic (exact) mass is 147 g/mol. The molecule has 0 atom stereocenters. The van der Waals surface area contributed by atoms with Gasteiger partial charge in [0.25, 0.3) is 0 Å². The molecule has 0 radical (unpaired) electrons. The molecule has 0 aliphatic rings. The third-order valence-corrected chi connectivity index (χ3v) is 3.31. The topological polar surface area (TPSA) is 36.1 Å². The molecule has 0 aliphatic carbocycles. The smallest absolute Gasteiger partial charge is 0.127 e. The van der Waals surface area contributed by atoms with E-state index in [-0.39, 0.29) is 9.68 Å². The van der Waals surface area contributed by atoms with Crippen LogP contribution < -0.4 is 15.6 Å². The Morgan fingerprint density at radius 1 is 1.33 bits per heavy atom. The molecule has 3 nitrogen and oxygen atoms in total. The van der Waals surface area contributed by atoms with Crippen LogP contribution in [0.5, 0.6) is 0 Å². The summed E-state index contributed by atoms with van der Waals surface area (Å²) in [6.07, 6.45) is 0. The first-order chi connectivity index (χ1) is 4.35. The highest BCUT2D eigenvalue weighted by atomic mass is 28.2. The largest absolute Gasteiger partial charge is 0.340 e. The number of hydrogen-bond donors (Lipinski definition) is 3. The maximum Gasteiger partial charge on any atom is 0.127 e. The van der Waals surface area contributed by atoms with Crippen LogP contribution >= 0.6 is 0 Å². The van der Waals surface area contributed by atoms with Gasteiger partial charge >= 0.3 is 0 Å². The van der Waals surface area contributed by atoms with Crippen LogP contribution in [0.25, 0.3) is 0 Å². The summed E-state index contributed by atoms with van der Waals surface area (Å²) in [6.45, 7) is 3.22. The van der Waals surface area contributed by atoms with E-state index in [0.29, 0.717) is 5.79 Å². The molecule has 0 saturated heterocycles. The minimum Gasteiger partial charge on any atom is -0.340 e. The predicted octanol–water partition coefficient (Wildman–Crippen LogP) is -1.60. The van der Waals surface area contributed by atoms with Crippen molar-refractivity contribution in [2.24, 2.45) is 0 Å². The molecule has 0 spiro atoms. The van der Waals surface area contributed by atoms with Crippen molar-refractivity contribution in [1.29, 1.82) is 0 Å². The third kappa shape index (κ3) is 4.59. The molecule has 0 saturated carbocycles. The highest BCUT2D eigenvalue weighted by Gasteiger charge is 1.98. The summed E-state index contributed by atoms with van der Waals surface area (Å²) in [4.78, 5) is 3.36. The second kappa shape index (κ2) is 6.22. The molecule has 0 fully saturated rings. The zero-order valence-electron chi connectivity index (χ0n) is 6.49. The SMILES string of the molecule is CCN[SiH2]C(NC)NC. The predicted molar refractivity (Wildman–Crippen MR) is 44.1 cm³/mol. The van der Waals surface area contributed by atoms with E-state index in [2.05, 4.69) is 22.5 Å². The van der Waals surface area contributed by atoms with Crippen LogP contribution in [-0.2, 0) is 0 Å². The summed E-state index contributed by atoms with van der Waals surface area (Å²) >= 11 is 0. The minimum atomic E-state index is -0.147. The molecule has 9 heavy (non-hydrogen) atoms. The van der Waals surface area contributed by atoms with Gasteiger partial charge in [0.15, 0.2) is 0 Å². The fraction of sp³-hybridized carbons (Fsp3) is 1.00. The van der Waals surface area contributed by atoms with E-state index in [1.54, 1.807) is 0 Å². The molecule has 0 rings (SSSR count). The van der Waals surface area contributed by atoms with Crippen molar-refractivity contribution in [2.45, 2.75) is 12.7 Å². The van der Waals surface area contributed by atoms with Gasteiger partial charge in [0.2, 0.25) is 0 Å². The van der Waals surface area contributed by atoms with E-state index in [9.17, 15) is 0 Å². The fourth-order valence-corrected chi connectivity index (χ4v) is 1.62. The van der Waals surface area contributed by atoms with Gasteiger partial charge in [-0.15, -0.1) is 0 Å². The van der Waals surface area contributed by atoms with E-state index in [1.165, 1.54) is 0 Å². The van der Waals surface area contributed by atoms with Gasteiger partial charge in [-0.05, 0) is 20.6 Å². The summed E-state index contributed by atoms with van der Waals surface area (Å²) < 4.78 is 0. The third-order valence-electron chi connectivity index (χ3n) is 1.30. The Morgan fingerprint density at radius 3 is 2.22 bits per heavy atom. The van der Waals surface area contributed by atoms with E-state index >= 15 is 0 Å². The van der Waals surface area contributed by atoms with Gasteiger partial charge in [0.05, 0.1) is 5.79 Å². The lowest BCUT2D eigenvalue weighted by Gasteiger charge is -2.13. The molecule has 3 N–H and O–H groups in total. The fourth-order valence-electron chi connectivity index (χ4n) is 0.637. The van der Waals surface area contributed by atoms with Gasteiger partial charge in [-0.2, -0.15) is 0 Å². The molecule has 0 amide bonds. The molecule has 56 valence electrons. The van der Waals surface area contributed by atoms with Crippen molar-refractivity contribution >= 4 is 9.68 Å². The first kappa shape index (κ1) is 9.10. The molecule has 0 heterocycles. The maximum atomic E-state index is 3.36. The highest BCUT2D eigenvalue weighted by Crippen LogP contribution is 1.64. The molecule has 0 aliphatic heterocycles. The Labute approximate surface area is 59.5 Å². The normalized spacial score (nSPS) is 12.0. The van der Waals surface area contributed by atoms with Crippen LogP contribution in [0, 0.1) is 0 Å². The average molecular weight is 147 g/mol. The van der Waals surface area contributed by atoms with Crippen molar-refractivity contribution < 1.29 is 0 Å². The van der Waals surface area contributed by atoms with E-state index in [1.807, 2.05) is 14.1 Å².